The minimum atomic E-state index is 0.364. The van der Waals surface area contributed by atoms with Gasteiger partial charge in [0.15, 0.2) is 5.65 Å². The maximum Gasteiger partial charge on any atom is 0.157 e. The van der Waals surface area contributed by atoms with Gasteiger partial charge in [-0.1, -0.05) is 0 Å². The van der Waals surface area contributed by atoms with E-state index in [0.29, 0.717) is 17.5 Å². The molecule has 5 heteroatoms. The zero-order chi connectivity index (χ0) is 14.0. The third-order valence-corrected chi connectivity index (χ3v) is 5.64. The third-order valence-electron chi connectivity index (χ3n) is 5.64. The van der Waals surface area contributed by atoms with Gasteiger partial charge in [0.25, 0.3) is 0 Å². The SMILES string of the molecule is N[C@H]1C[C@H](Nc2c3c(nc4ccnn24)CC2(CC3)CC2)C1. The fraction of sp³-hybridized carbons (Fsp3) is 0.625. The fourth-order valence-electron chi connectivity index (χ4n) is 3.99. The Morgan fingerprint density at radius 1 is 1.29 bits per heavy atom. The number of hydrogen-bond acceptors (Lipinski definition) is 4. The van der Waals surface area contributed by atoms with Crippen LogP contribution in [0.3, 0.4) is 0 Å². The van der Waals surface area contributed by atoms with E-state index in [4.69, 9.17) is 10.7 Å². The van der Waals surface area contributed by atoms with E-state index in [1.54, 1.807) is 0 Å². The molecule has 3 aliphatic carbocycles. The summed E-state index contributed by atoms with van der Waals surface area (Å²) in [6.45, 7) is 0. The van der Waals surface area contributed by atoms with Crippen molar-refractivity contribution >= 4 is 11.5 Å². The maximum absolute atomic E-state index is 5.92. The first-order chi connectivity index (χ1) is 10.2. The highest BCUT2D eigenvalue weighted by atomic mass is 15.3. The molecule has 2 fully saturated rings. The second-order valence-corrected chi connectivity index (χ2v) is 7.24. The molecule has 21 heavy (non-hydrogen) atoms. The Bertz CT molecular complexity index is 709. The predicted molar refractivity (Wildman–Crippen MR) is 81.3 cm³/mol. The molecule has 110 valence electrons. The Kier molecular flexibility index (Phi) is 2.27. The Labute approximate surface area is 123 Å². The molecular weight excluding hydrogens is 262 g/mol. The van der Waals surface area contributed by atoms with E-state index in [1.807, 2.05) is 16.8 Å². The second kappa shape index (κ2) is 3.97. The Balaban J connectivity index is 1.59. The molecule has 2 heterocycles. The molecule has 5 rings (SSSR count). The van der Waals surface area contributed by atoms with Crippen molar-refractivity contribution in [2.24, 2.45) is 11.1 Å². The van der Waals surface area contributed by atoms with Crippen molar-refractivity contribution in [3.63, 3.8) is 0 Å². The topological polar surface area (TPSA) is 68.2 Å². The van der Waals surface area contributed by atoms with Gasteiger partial charge in [-0.3, -0.25) is 0 Å². The van der Waals surface area contributed by atoms with Crippen molar-refractivity contribution in [2.45, 2.75) is 57.0 Å². The van der Waals surface area contributed by atoms with E-state index in [0.717, 1.165) is 31.3 Å². The molecule has 3 N–H and O–H groups in total. The molecule has 2 saturated carbocycles. The maximum atomic E-state index is 5.92. The summed E-state index contributed by atoms with van der Waals surface area (Å²) >= 11 is 0. The Morgan fingerprint density at radius 2 is 2.14 bits per heavy atom. The highest BCUT2D eigenvalue weighted by molar-refractivity contribution is 5.57. The lowest BCUT2D eigenvalue weighted by atomic mass is 9.83. The molecule has 0 unspecified atom stereocenters. The van der Waals surface area contributed by atoms with E-state index in [2.05, 4.69) is 10.4 Å². The van der Waals surface area contributed by atoms with Crippen LogP contribution >= 0.6 is 0 Å². The summed E-state index contributed by atoms with van der Waals surface area (Å²) in [5.74, 6) is 1.17. The molecule has 0 amide bonds. The van der Waals surface area contributed by atoms with Crippen LogP contribution in [-0.2, 0) is 12.8 Å². The van der Waals surface area contributed by atoms with E-state index in [1.165, 1.54) is 36.3 Å². The summed E-state index contributed by atoms with van der Waals surface area (Å²) in [6, 6.07) is 2.87. The molecule has 2 aromatic rings. The number of nitrogens with two attached hydrogens (primary N) is 1. The molecule has 1 spiro atoms. The fourth-order valence-corrected chi connectivity index (χ4v) is 3.99. The average molecular weight is 283 g/mol. The summed E-state index contributed by atoms with van der Waals surface area (Å²) in [5, 5.41) is 8.16. The van der Waals surface area contributed by atoms with Crippen molar-refractivity contribution in [3.05, 3.63) is 23.5 Å². The van der Waals surface area contributed by atoms with Crippen LogP contribution in [0.1, 0.15) is 43.4 Å². The molecule has 0 aliphatic heterocycles. The Morgan fingerprint density at radius 3 is 2.90 bits per heavy atom. The van der Waals surface area contributed by atoms with Gasteiger partial charge in [0.2, 0.25) is 0 Å². The zero-order valence-corrected chi connectivity index (χ0v) is 12.2. The van der Waals surface area contributed by atoms with Gasteiger partial charge in [0, 0.05) is 23.7 Å². The molecule has 5 nitrogen and oxygen atoms in total. The largest absolute Gasteiger partial charge is 0.367 e. The molecular formula is C16H21N5. The highest BCUT2D eigenvalue weighted by Crippen LogP contribution is 2.55. The summed E-state index contributed by atoms with van der Waals surface area (Å²) in [4.78, 5) is 4.87. The molecule has 3 aliphatic rings. The number of fused-ring (bicyclic) bond motifs is 2. The smallest absolute Gasteiger partial charge is 0.157 e. The van der Waals surface area contributed by atoms with E-state index in [9.17, 15) is 0 Å². The molecule has 0 bridgehead atoms. The van der Waals surface area contributed by atoms with Crippen molar-refractivity contribution < 1.29 is 0 Å². The van der Waals surface area contributed by atoms with E-state index < -0.39 is 0 Å². The molecule has 0 aromatic carbocycles. The molecule has 0 radical (unpaired) electrons. The summed E-state index contributed by atoms with van der Waals surface area (Å²) in [5.41, 5.74) is 10.2. The lowest BCUT2D eigenvalue weighted by molar-refractivity contribution is 0.371. The summed E-state index contributed by atoms with van der Waals surface area (Å²) in [6.07, 6.45) is 10.3. The summed E-state index contributed by atoms with van der Waals surface area (Å²) < 4.78 is 1.98. The first-order valence-electron chi connectivity index (χ1n) is 8.10. The summed E-state index contributed by atoms with van der Waals surface area (Å²) in [7, 11) is 0. The van der Waals surface area contributed by atoms with Crippen LogP contribution in [0.5, 0.6) is 0 Å². The number of rotatable bonds is 2. The van der Waals surface area contributed by atoms with E-state index in [-0.39, 0.29) is 0 Å². The normalized spacial score (nSPS) is 29.2. The second-order valence-electron chi connectivity index (χ2n) is 7.24. The number of aromatic nitrogens is 3. The van der Waals surface area contributed by atoms with Crippen molar-refractivity contribution in [2.75, 3.05) is 5.32 Å². The lowest BCUT2D eigenvalue weighted by Crippen LogP contribution is -2.45. The number of nitrogens with zero attached hydrogens (tertiary/aromatic N) is 3. The van der Waals surface area contributed by atoms with Gasteiger partial charge in [0.1, 0.15) is 5.82 Å². The highest BCUT2D eigenvalue weighted by Gasteiger charge is 2.46. The van der Waals surface area contributed by atoms with Gasteiger partial charge in [-0.05, 0) is 50.4 Å². The van der Waals surface area contributed by atoms with Gasteiger partial charge in [0.05, 0.1) is 11.9 Å². The van der Waals surface area contributed by atoms with Crippen LogP contribution in [0.15, 0.2) is 12.3 Å². The van der Waals surface area contributed by atoms with Gasteiger partial charge in [-0.25, -0.2) is 4.98 Å². The van der Waals surface area contributed by atoms with Crippen LogP contribution in [0.4, 0.5) is 5.82 Å². The number of nitrogens with one attached hydrogen (secondary N) is 1. The standard InChI is InChI=1S/C16H21N5/c17-10-7-11(8-10)19-15-12-1-3-16(4-5-16)9-13(12)20-14-2-6-18-21(14)15/h2,6,10-11,19H,1,3-5,7-9,17H2/t10-,11-. The zero-order valence-electron chi connectivity index (χ0n) is 12.2. The molecule has 2 aromatic heterocycles. The average Bonchev–Trinajstić information content (AvgIpc) is 3.00. The van der Waals surface area contributed by atoms with Crippen LogP contribution in [0.2, 0.25) is 0 Å². The van der Waals surface area contributed by atoms with Crippen LogP contribution in [0.25, 0.3) is 5.65 Å². The van der Waals surface area contributed by atoms with Crippen molar-refractivity contribution in [1.29, 1.82) is 0 Å². The first-order valence-corrected chi connectivity index (χ1v) is 8.10. The van der Waals surface area contributed by atoms with Crippen molar-refractivity contribution in [3.8, 4) is 0 Å². The van der Waals surface area contributed by atoms with E-state index >= 15 is 0 Å². The third kappa shape index (κ3) is 1.80. The lowest BCUT2D eigenvalue weighted by Gasteiger charge is -2.35. The minimum Gasteiger partial charge on any atom is -0.367 e. The molecule has 0 saturated heterocycles. The van der Waals surface area contributed by atoms with Crippen molar-refractivity contribution in [1.82, 2.24) is 14.6 Å². The van der Waals surface area contributed by atoms with Gasteiger partial charge in [-0.2, -0.15) is 9.61 Å². The molecule has 0 atom stereocenters. The van der Waals surface area contributed by atoms with Gasteiger partial charge < -0.3 is 11.1 Å². The predicted octanol–water partition coefficient (Wildman–Crippen LogP) is 1.90. The van der Waals surface area contributed by atoms with Crippen LogP contribution in [0, 0.1) is 5.41 Å². The van der Waals surface area contributed by atoms with Crippen LogP contribution in [-0.4, -0.2) is 26.7 Å². The quantitative estimate of drug-likeness (QED) is 0.883. The van der Waals surface area contributed by atoms with Gasteiger partial charge >= 0.3 is 0 Å². The Hall–Kier alpha value is -1.62. The van der Waals surface area contributed by atoms with Crippen LogP contribution < -0.4 is 11.1 Å². The first kappa shape index (κ1) is 12.0. The monoisotopic (exact) mass is 283 g/mol. The van der Waals surface area contributed by atoms with Gasteiger partial charge in [-0.15, -0.1) is 0 Å². The minimum absolute atomic E-state index is 0.364. The number of hydrogen-bond donors (Lipinski definition) is 2. The number of anilines is 1.